The molecule has 0 atom stereocenters. The lowest BCUT2D eigenvalue weighted by Crippen LogP contribution is -1.98. The zero-order valence-corrected chi connectivity index (χ0v) is 5.33. The van der Waals surface area contributed by atoms with Gasteiger partial charge < -0.3 is 9.84 Å². The Hall–Kier alpha value is -1.50. The molecule has 0 aliphatic carbocycles. The van der Waals surface area contributed by atoms with Crippen molar-refractivity contribution in [3.8, 4) is 6.07 Å². The van der Waals surface area contributed by atoms with Crippen molar-refractivity contribution in [2.75, 3.05) is 0 Å². The van der Waals surface area contributed by atoms with Crippen LogP contribution in [-0.4, -0.2) is 11.3 Å². The Kier molecular flexibility index (Phi) is 3.73. The monoisotopic (exact) mass is 141 g/mol. The summed E-state index contributed by atoms with van der Waals surface area (Å²) in [6.07, 6.45) is -0.891. The average molecular weight is 141 g/mol. The molecule has 4 heteroatoms. The third-order valence-corrected chi connectivity index (χ3v) is 0.747. The lowest BCUT2D eigenvalue weighted by Gasteiger charge is -1.98. The lowest BCUT2D eigenvalue weighted by atomic mass is 10.3. The predicted octanol–water partition coefficient (Wildman–Crippen LogP) is 1.50. The molecule has 0 spiro atoms. The van der Waals surface area contributed by atoms with Crippen LogP contribution in [0.15, 0.2) is 12.3 Å². The van der Waals surface area contributed by atoms with Gasteiger partial charge >= 0.3 is 6.16 Å². The molecule has 0 unspecified atom stereocenters. The van der Waals surface area contributed by atoms with Gasteiger partial charge in [-0.2, -0.15) is 5.26 Å². The summed E-state index contributed by atoms with van der Waals surface area (Å²) in [6, 6.07) is 1.84. The molecule has 0 aromatic heterocycles. The second kappa shape index (κ2) is 4.39. The zero-order valence-electron chi connectivity index (χ0n) is 5.33. The highest BCUT2D eigenvalue weighted by Gasteiger charge is 1.99. The van der Waals surface area contributed by atoms with Crippen LogP contribution in [0.2, 0.25) is 0 Å². The van der Waals surface area contributed by atoms with Crippen molar-refractivity contribution in [3.63, 3.8) is 0 Å². The van der Waals surface area contributed by atoms with Gasteiger partial charge in [0.05, 0.1) is 6.07 Å². The van der Waals surface area contributed by atoms with Crippen molar-refractivity contribution in [2.24, 2.45) is 0 Å². The number of allylic oxidation sites excluding steroid dienone is 1. The molecule has 0 fully saturated rings. The van der Waals surface area contributed by atoms with Crippen LogP contribution in [0.1, 0.15) is 12.8 Å². The van der Waals surface area contributed by atoms with Crippen LogP contribution in [0.4, 0.5) is 4.79 Å². The lowest BCUT2D eigenvalue weighted by molar-refractivity contribution is 0.116. The molecule has 0 aliphatic heterocycles. The van der Waals surface area contributed by atoms with E-state index in [2.05, 4.69) is 11.3 Å². The largest absolute Gasteiger partial charge is 0.510 e. The van der Waals surface area contributed by atoms with E-state index in [9.17, 15) is 4.79 Å². The third kappa shape index (κ3) is 4.65. The highest BCUT2D eigenvalue weighted by molar-refractivity contribution is 5.58. The number of carboxylic acid groups (broad SMARTS) is 1. The summed E-state index contributed by atoms with van der Waals surface area (Å²) in [7, 11) is 0. The van der Waals surface area contributed by atoms with Crippen molar-refractivity contribution in [3.05, 3.63) is 12.3 Å². The Bertz CT molecular complexity index is 180. The SMILES string of the molecule is C=C(CCC#N)OC(=O)O. The van der Waals surface area contributed by atoms with E-state index in [-0.39, 0.29) is 18.6 Å². The molecule has 54 valence electrons. The minimum absolute atomic E-state index is 0.106. The van der Waals surface area contributed by atoms with Gasteiger partial charge in [0.25, 0.3) is 0 Å². The molecule has 0 amide bonds. The average Bonchev–Trinajstić information content (AvgIpc) is 1.82. The topological polar surface area (TPSA) is 70.3 Å². The standard InChI is InChI=1S/C6H7NO3/c1-5(3-2-4-7)10-6(8)9/h1-3H2,(H,8,9). The summed E-state index contributed by atoms with van der Waals surface area (Å²) in [5, 5.41) is 16.1. The smallest absolute Gasteiger partial charge is 0.449 e. The maximum absolute atomic E-state index is 9.81. The first kappa shape index (κ1) is 8.50. The first-order valence-electron chi connectivity index (χ1n) is 2.62. The fourth-order valence-corrected chi connectivity index (χ4v) is 0.370. The number of hydrogen-bond donors (Lipinski definition) is 1. The van der Waals surface area contributed by atoms with Gasteiger partial charge in [0.2, 0.25) is 0 Å². The van der Waals surface area contributed by atoms with Gasteiger partial charge in [-0.1, -0.05) is 6.58 Å². The summed E-state index contributed by atoms with van der Waals surface area (Å²) >= 11 is 0. The van der Waals surface area contributed by atoms with E-state index < -0.39 is 6.16 Å². The Labute approximate surface area is 58.3 Å². The highest BCUT2D eigenvalue weighted by Crippen LogP contribution is 2.02. The molecular weight excluding hydrogens is 134 g/mol. The molecule has 10 heavy (non-hydrogen) atoms. The van der Waals surface area contributed by atoms with Crippen LogP contribution in [0, 0.1) is 11.3 Å². The molecule has 0 radical (unpaired) electrons. The molecule has 0 heterocycles. The summed E-state index contributed by atoms with van der Waals surface area (Å²) < 4.78 is 4.12. The fourth-order valence-electron chi connectivity index (χ4n) is 0.370. The summed E-state index contributed by atoms with van der Waals surface area (Å²) in [5.41, 5.74) is 0. The fraction of sp³-hybridized carbons (Fsp3) is 0.333. The maximum Gasteiger partial charge on any atom is 0.510 e. The second-order valence-electron chi connectivity index (χ2n) is 1.56. The van der Waals surface area contributed by atoms with Gasteiger partial charge in [0.1, 0.15) is 5.76 Å². The van der Waals surface area contributed by atoms with E-state index in [0.29, 0.717) is 0 Å². The maximum atomic E-state index is 9.81. The third-order valence-electron chi connectivity index (χ3n) is 0.747. The molecule has 0 bridgehead atoms. The Morgan fingerprint density at radius 1 is 1.80 bits per heavy atom. The molecule has 0 saturated heterocycles. The van der Waals surface area contributed by atoms with Crippen LogP contribution in [0.3, 0.4) is 0 Å². The summed E-state index contributed by atoms with van der Waals surface area (Å²) in [6.45, 7) is 3.28. The number of carbonyl (C=O) groups is 1. The molecule has 4 nitrogen and oxygen atoms in total. The van der Waals surface area contributed by atoms with Gasteiger partial charge in [0.15, 0.2) is 0 Å². The van der Waals surface area contributed by atoms with Gasteiger partial charge in [-0.3, -0.25) is 0 Å². The number of ether oxygens (including phenoxy) is 1. The molecule has 0 aliphatic rings. The molecule has 0 rings (SSSR count). The van der Waals surface area contributed by atoms with Crippen molar-refractivity contribution in [1.82, 2.24) is 0 Å². The molecular formula is C6H7NO3. The van der Waals surface area contributed by atoms with Crippen molar-refractivity contribution < 1.29 is 14.6 Å². The molecule has 1 N–H and O–H groups in total. The molecule has 0 aromatic rings. The minimum atomic E-state index is -1.39. The number of hydrogen-bond acceptors (Lipinski definition) is 3. The second-order valence-corrected chi connectivity index (χ2v) is 1.56. The van der Waals surface area contributed by atoms with Crippen molar-refractivity contribution in [1.29, 1.82) is 5.26 Å². The number of nitriles is 1. The summed E-state index contributed by atoms with van der Waals surface area (Å²) in [4.78, 5) is 9.81. The van der Waals surface area contributed by atoms with E-state index in [0.717, 1.165) is 0 Å². The van der Waals surface area contributed by atoms with Crippen LogP contribution in [0.25, 0.3) is 0 Å². The first-order chi connectivity index (χ1) is 4.66. The van der Waals surface area contributed by atoms with Crippen LogP contribution in [-0.2, 0) is 4.74 Å². The van der Waals surface area contributed by atoms with E-state index in [1.54, 1.807) is 0 Å². The minimum Gasteiger partial charge on any atom is -0.449 e. The van der Waals surface area contributed by atoms with Crippen LogP contribution >= 0.6 is 0 Å². The Morgan fingerprint density at radius 3 is 2.80 bits per heavy atom. The normalized spacial score (nSPS) is 7.90. The highest BCUT2D eigenvalue weighted by atomic mass is 16.7. The quantitative estimate of drug-likeness (QED) is 0.477. The molecule has 0 saturated carbocycles. The van der Waals surface area contributed by atoms with E-state index in [1.165, 1.54) is 0 Å². The van der Waals surface area contributed by atoms with E-state index in [4.69, 9.17) is 10.4 Å². The molecule has 0 aromatic carbocycles. The zero-order chi connectivity index (χ0) is 7.98. The first-order valence-corrected chi connectivity index (χ1v) is 2.62. The van der Waals surface area contributed by atoms with Crippen LogP contribution < -0.4 is 0 Å². The van der Waals surface area contributed by atoms with Gasteiger partial charge in [-0.05, 0) is 0 Å². The van der Waals surface area contributed by atoms with Crippen molar-refractivity contribution in [2.45, 2.75) is 12.8 Å². The predicted molar refractivity (Wildman–Crippen MR) is 33.1 cm³/mol. The number of rotatable bonds is 3. The number of nitrogens with zero attached hydrogens (tertiary/aromatic N) is 1. The van der Waals surface area contributed by atoms with E-state index >= 15 is 0 Å². The van der Waals surface area contributed by atoms with Gasteiger partial charge in [-0.25, -0.2) is 4.79 Å². The Balaban J connectivity index is 3.47. The summed E-state index contributed by atoms with van der Waals surface area (Å²) in [5.74, 6) is 0.106. The van der Waals surface area contributed by atoms with Crippen LogP contribution in [0.5, 0.6) is 0 Å². The van der Waals surface area contributed by atoms with Gasteiger partial charge in [-0.15, -0.1) is 0 Å². The van der Waals surface area contributed by atoms with Gasteiger partial charge in [0, 0.05) is 12.8 Å². The van der Waals surface area contributed by atoms with E-state index in [1.807, 2.05) is 6.07 Å². The Morgan fingerprint density at radius 2 is 2.40 bits per heavy atom. The van der Waals surface area contributed by atoms with Crippen molar-refractivity contribution >= 4 is 6.16 Å².